The topological polar surface area (TPSA) is 90.3 Å². The van der Waals surface area contributed by atoms with Crippen LogP contribution in [0.4, 0.5) is 5.00 Å². The summed E-state index contributed by atoms with van der Waals surface area (Å²) in [5, 5.41) is 8.00. The first-order valence-corrected chi connectivity index (χ1v) is 10.4. The number of hydrogen-bond acceptors (Lipinski definition) is 6. The summed E-state index contributed by atoms with van der Waals surface area (Å²) in [4.78, 5) is 38.3. The highest BCUT2D eigenvalue weighted by molar-refractivity contribution is 7.17. The lowest BCUT2D eigenvalue weighted by molar-refractivity contribution is -0.116. The van der Waals surface area contributed by atoms with Crippen LogP contribution < -0.4 is 10.7 Å². The molecule has 1 aromatic carbocycles. The molecule has 0 saturated carbocycles. The number of nitrogens with one attached hydrogen (secondary N) is 1. The minimum atomic E-state index is -0.424. The molecule has 8 heteroatoms. The molecule has 1 amide bonds. The Balaban J connectivity index is 1.63. The van der Waals surface area contributed by atoms with E-state index in [4.69, 9.17) is 4.74 Å². The first kappa shape index (κ1) is 19.3. The lowest BCUT2D eigenvalue weighted by Crippen LogP contribution is -2.23. The van der Waals surface area contributed by atoms with Crippen LogP contribution >= 0.6 is 11.3 Å². The number of carbonyl (C=O) groups excluding carboxylic acids is 2. The number of hydrogen-bond donors (Lipinski definition) is 1. The summed E-state index contributed by atoms with van der Waals surface area (Å²) in [6.45, 7) is -0.0655. The fraction of sp³-hybridized carbons (Fsp3) is 0.333. The molecule has 3 aromatic rings. The van der Waals surface area contributed by atoms with Gasteiger partial charge in [-0.3, -0.25) is 14.3 Å². The van der Waals surface area contributed by atoms with E-state index in [0.717, 1.165) is 42.5 Å². The molecule has 4 rings (SSSR count). The summed E-state index contributed by atoms with van der Waals surface area (Å²) < 4.78 is 6.47. The number of benzene rings is 1. The van der Waals surface area contributed by atoms with Gasteiger partial charge in [0.25, 0.3) is 0 Å². The lowest BCUT2D eigenvalue weighted by Gasteiger charge is -2.10. The van der Waals surface area contributed by atoms with Crippen molar-refractivity contribution >= 4 is 39.1 Å². The van der Waals surface area contributed by atoms with E-state index in [2.05, 4.69) is 10.4 Å². The second-order valence-corrected chi connectivity index (χ2v) is 8.10. The predicted octanol–water partition coefficient (Wildman–Crippen LogP) is 3.15. The average Bonchev–Trinajstić information content (AvgIpc) is 2.90. The Morgan fingerprint density at radius 1 is 1.21 bits per heavy atom. The second kappa shape index (κ2) is 8.16. The van der Waals surface area contributed by atoms with Crippen LogP contribution in [-0.4, -0.2) is 28.8 Å². The quantitative estimate of drug-likeness (QED) is 0.526. The maximum atomic E-state index is 12.8. The highest BCUT2D eigenvalue weighted by Gasteiger charge is 2.26. The maximum absolute atomic E-state index is 12.8. The van der Waals surface area contributed by atoms with Crippen molar-refractivity contribution < 1.29 is 14.3 Å². The molecule has 0 unspecified atom stereocenters. The molecule has 1 aliphatic carbocycles. The smallest absolute Gasteiger partial charge is 0.341 e. The Morgan fingerprint density at radius 3 is 2.83 bits per heavy atom. The molecular weight excluding hydrogens is 390 g/mol. The Labute approximate surface area is 171 Å². The number of esters is 1. The molecular formula is C21H21N3O4S. The van der Waals surface area contributed by atoms with Crippen molar-refractivity contribution in [2.24, 2.45) is 0 Å². The molecule has 150 valence electrons. The van der Waals surface area contributed by atoms with Gasteiger partial charge in [-0.1, -0.05) is 18.6 Å². The molecule has 0 fully saturated rings. The third kappa shape index (κ3) is 3.80. The van der Waals surface area contributed by atoms with Crippen molar-refractivity contribution in [3.05, 3.63) is 56.7 Å². The van der Waals surface area contributed by atoms with Crippen LogP contribution in [0.3, 0.4) is 0 Å². The van der Waals surface area contributed by atoms with Gasteiger partial charge in [0.05, 0.1) is 24.4 Å². The van der Waals surface area contributed by atoms with Crippen LogP contribution in [0.1, 0.15) is 40.1 Å². The van der Waals surface area contributed by atoms with E-state index >= 15 is 0 Å². The molecule has 2 heterocycles. The number of aryl methyl sites for hydroxylation is 1. The molecule has 0 spiro atoms. The number of aromatic nitrogens is 2. The van der Waals surface area contributed by atoms with Crippen LogP contribution in [0, 0.1) is 0 Å². The van der Waals surface area contributed by atoms with Crippen molar-refractivity contribution in [3.8, 4) is 0 Å². The average molecular weight is 411 g/mol. The van der Waals surface area contributed by atoms with Gasteiger partial charge in [-0.2, -0.15) is 5.10 Å². The zero-order valence-electron chi connectivity index (χ0n) is 16.1. The van der Waals surface area contributed by atoms with Crippen molar-refractivity contribution in [1.82, 2.24) is 9.78 Å². The Hall–Kier alpha value is -3.00. The van der Waals surface area contributed by atoms with Gasteiger partial charge in [0.15, 0.2) is 0 Å². The summed E-state index contributed by atoms with van der Waals surface area (Å²) in [5.41, 5.74) is 1.87. The molecule has 0 atom stereocenters. The fourth-order valence-electron chi connectivity index (χ4n) is 3.74. The number of thiophene rings is 1. The van der Waals surface area contributed by atoms with Crippen LogP contribution in [0.5, 0.6) is 0 Å². The Kier molecular flexibility index (Phi) is 5.44. The van der Waals surface area contributed by atoms with Crippen molar-refractivity contribution in [1.29, 1.82) is 0 Å². The van der Waals surface area contributed by atoms with E-state index in [1.165, 1.54) is 29.3 Å². The molecule has 0 saturated heterocycles. The molecule has 29 heavy (non-hydrogen) atoms. The van der Waals surface area contributed by atoms with E-state index in [1.54, 1.807) is 24.3 Å². The molecule has 2 aromatic heterocycles. The highest BCUT2D eigenvalue weighted by Crippen LogP contribution is 2.38. The number of ether oxygens (including phenoxy) is 1. The van der Waals surface area contributed by atoms with Crippen molar-refractivity contribution in [2.75, 3.05) is 12.4 Å². The number of rotatable bonds is 4. The zero-order chi connectivity index (χ0) is 20.4. The van der Waals surface area contributed by atoms with Crippen LogP contribution in [0.25, 0.3) is 10.9 Å². The molecule has 1 aliphatic rings. The van der Waals surface area contributed by atoms with E-state index in [1.807, 2.05) is 0 Å². The Bertz CT molecular complexity index is 1150. The SMILES string of the molecule is COC(=O)c1c(NC(=O)Cn2ncc(=O)c3ccccc32)sc2c1CCCCC2. The fourth-order valence-corrected chi connectivity index (χ4v) is 5.03. The molecule has 7 nitrogen and oxygen atoms in total. The monoisotopic (exact) mass is 411 g/mol. The van der Waals surface area contributed by atoms with E-state index < -0.39 is 5.97 Å². The third-order valence-electron chi connectivity index (χ3n) is 5.12. The number of para-hydroxylation sites is 1. The zero-order valence-corrected chi connectivity index (χ0v) is 16.9. The maximum Gasteiger partial charge on any atom is 0.341 e. The minimum Gasteiger partial charge on any atom is -0.465 e. The number of carbonyl (C=O) groups is 2. The summed E-state index contributed by atoms with van der Waals surface area (Å²) >= 11 is 1.45. The number of methoxy groups -OCH3 is 1. The van der Waals surface area contributed by atoms with E-state index in [0.29, 0.717) is 21.5 Å². The number of amides is 1. The summed E-state index contributed by atoms with van der Waals surface area (Å²) in [6.07, 6.45) is 6.17. The Morgan fingerprint density at radius 2 is 2.00 bits per heavy atom. The van der Waals surface area contributed by atoms with E-state index in [9.17, 15) is 14.4 Å². The minimum absolute atomic E-state index is 0.0655. The van der Waals surface area contributed by atoms with Gasteiger partial charge in [0.2, 0.25) is 11.3 Å². The molecule has 0 bridgehead atoms. The van der Waals surface area contributed by atoms with Gasteiger partial charge in [-0.25, -0.2) is 4.79 Å². The van der Waals surface area contributed by atoms with Crippen molar-refractivity contribution in [2.45, 2.75) is 38.6 Å². The first-order chi connectivity index (χ1) is 14.1. The largest absolute Gasteiger partial charge is 0.465 e. The lowest BCUT2D eigenvalue weighted by atomic mass is 10.1. The van der Waals surface area contributed by atoms with E-state index in [-0.39, 0.29) is 17.9 Å². The molecule has 0 radical (unpaired) electrons. The summed E-state index contributed by atoms with van der Waals surface area (Å²) in [5.74, 6) is -0.737. The van der Waals surface area contributed by atoms with Gasteiger partial charge in [-0.15, -0.1) is 11.3 Å². The van der Waals surface area contributed by atoms with Gasteiger partial charge >= 0.3 is 5.97 Å². The first-order valence-electron chi connectivity index (χ1n) is 9.56. The summed E-state index contributed by atoms with van der Waals surface area (Å²) in [6, 6.07) is 7.03. The third-order valence-corrected chi connectivity index (χ3v) is 6.33. The number of fused-ring (bicyclic) bond motifs is 2. The van der Waals surface area contributed by atoms with Crippen LogP contribution in [-0.2, 0) is 28.9 Å². The standard InChI is InChI=1S/C21H21N3O4S/c1-28-21(27)19-14-8-3-2-4-10-17(14)29-20(19)23-18(26)12-24-15-9-6-5-7-13(15)16(25)11-22-24/h5-7,9,11H,2-4,8,10,12H2,1H3,(H,23,26). The highest BCUT2D eigenvalue weighted by atomic mass is 32.1. The number of anilines is 1. The van der Waals surface area contributed by atoms with Crippen LogP contribution in [0.2, 0.25) is 0 Å². The summed E-state index contributed by atoms with van der Waals surface area (Å²) in [7, 11) is 1.35. The van der Waals surface area contributed by atoms with Gasteiger partial charge < -0.3 is 10.1 Å². The number of nitrogens with zero attached hydrogens (tertiary/aromatic N) is 2. The van der Waals surface area contributed by atoms with Gasteiger partial charge in [-0.05, 0) is 43.4 Å². The van der Waals surface area contributed by atoms with Crippen molar-refractivity contribution in [3.63, 3.8) is 0 Å². The molecule has 1 N–H and O–H groups in total. The molecule has 0 aliphatic heterocycles. The predicted molar refractivity (Wildman–Crippen MR) is 112 cm³/mol. The second-order valence-electron chi connectivity index (χ2n) is 6.99. The van der Waals surface area contributed by atoms with Gasteiger partial charge in [0, 0.05) is 10.3 Å². The van der Waals surface area contributed by atoms with Crippen LogP contribution in [0.15, 0.2) is 35.3 Å². The normalized spacial score (nSPS) is 13.6. The van der Waals surface area contributed by atoms with Gasteiger partial charge in [0.1, 0.15) is 11.5 Å².